The van der Waals surface area contributed by atoms with Crippen molar-refractivity contribution >= 4 is 32.7 Å². The minimum Gasteiger partial charge on any atom is -0.355 e. The lowest BCUT2D eigenvalue weighted by Gasteiger charge is -2.08. The molecule has 1 aromatic carbocycles. The highest BCUT2D eigenvalue weighted by Gasteiger charge is 2.20. The first-order chi connectivity index (χ1) is 8.61. The summed E-state index contributed by atoms with van der Waals surface area (Å²) in [5.41, 5.74) is 2.11. The molecule has 1 aliphatic rings. The molecule has 0 aliphatic carbocycles. The van der Waals surface area contributed by atoms with Crippen molar-refractivity contribution in [3.63, 3.8) is 0 Å². The Kier molecular flexibility index (Phi) is 2.52. The molecule has 5 heteroatoms. The molecule has 2 aromatic rings. The monoisotopic (exact) mass is 306 g/mol. The molecular formula is C13H11BrN2O2. The highest BCUT2D eigenvalue weighted by Crippen LogP contribution is 2.27. The first kappa shape index (κ1) is 11.5. The summed E-state index contributed by atoms with van der Waals surface area (Å²) in [6, 6.07) is 3.82. The number of nitrogens with zero attached hydrogens (tertiary/aromatic N) is 1. The third-order valence-electron chi connectivity index (χ3n) is 3.31. The second-order valence-corrected chi connectivity index (χ2v) is 5.27. The van der Waals surface area contributed by atoms with Crippen LogP contribution in [0.3, 0.4) is 0 Å². The third-order valence-corrected chi connectivity index (χ3v) is 3.77. The Hall–Kier alpha value is -1.62. The van der Waals surface area contributed by atoms with Crippen molar-refractivity contribution in [1.82, 2.24) is 9.88 Å². The van der Waals surface area contributed by atoms with Crippen LogP contribution in [0.5, 0.6) is 0 Å². The quantitative estimate of drug-likeness (QED) is 0.871. The summed E-state index contributed by atoms with van der Waals surface area (Å²) in [6.45, 7) is 0.812. The van der Waals surface area contributed by atoms with Gasteiger partial charge < -0.3 is 9.88 Å². The first-order valence-corrected chi connectivity index (χ1v) is 6.49. The molecule has 1 aliphatic heterocycles. The van der Waals surface area contributed by atoms with Crippen molar-refractivity contribution in [3.05, 3.63) is 44.2 Å². The lowest BCUT2D eigenvalue weighted by Crippen LogP contribution is -2.26. The number of rotatable bonds is 1. The Morgan fingerprint density at radius 1 is 1.44 bits per heavy atom. The number of hydrogen-bond donors (Lipinski definition) is 1. The van der Waals surface area contributed by atoms with Gasteiger partial charge in [-0.15, -0.1) is 0 Å². The molecule has 0 saturated heterocycles. The minimum absolute atomic E-state index is 0.204. The standard InChI is InChI=1S/C13H11BrN2O2/c1-15-13(18)10-6-16-3-2-7-4-8(14)5-9(11(7)16)12(10)17/h4-6H,2-3H2,1H3,(H,15,18). The van der Waals surface area contributed by atoms with Gasteiger partial charge in [-0.25, -0.2) is 0 Å². The molecule has 0 fully saturated rings. The first-order valence-electron chi connectivity index (χ1n) is 5.69. The number of hydrogen-bond acceptors (Lipinski definition) is 2. The van der Waals surface area contributed by atoms with Crippen LogP contribution in [0.25, 0.3) is 10.9 Å². The van der Waals surface area contributed by atoms with Crippen LogP contribution in [0.4, 0.5) is 0 Å². The molecule has 18 heavy (non-hydrogen) atoms. The molecule has 1 amide bonds. The van der Waals surface area contributed by atoms with Crippen LogP contribution in [0, 0.1) is 0 Å². The number of carbonyl (C=O) groups is 1. The van der Waals surface area contributed by atoms with E-state index in [0.29, 0.717) is 5.39 Å². The zero-order chi connectivity index (χ0) is 12.9. The maximum Gasteiger partial charge on any atom is 0.256 e. The average molecular weight is 307 g/mol. The van der Waals surface area contributed by atoms with Crippen molar-refractivity contribution < 1.29 is 4.79 Å². The molecule has 0 radical (unpaired) electrons. The number of benzene rings is 1. The van der Waals surface area contributed by atoms with Crippen LogP contribution < -0.4 is 10.7 Å². The molecule has 92 valence electrons. The summed E-state index contributed by atoms with van der Waals surface area (Å²) in [6.07, 6.45) is 2.56. The van der Waals surface area contributed by atoms with Crippen molar-refractivity contribution in [2.45, 2.75) is 13.0 Å². The van der Waals surface area contributed by atoms with Gasteiger partial charge in [0.25, 0.3) is 5.91 Å². The highest BCUT2D eigenvalue weighted by molar-refractivity contribution is 9.10. The summed E-state index contributed by atoms with van der Waals surface area (Å²) in [4.78, 5) is 24.0. The normalized spacial score (nSPS) is 13.0. The van der Waals surface area contributed by atoms with E-state index in [1.807, 2.05) is 10.6 Å². The van der Waals surface area contributed by atoms with Crippen molar-refractivity contribution in [2.24, 2.45) is 0 Å². The second-order valence-electron chi connectivity index (χ2n) is 4.36. The number of pyridine rings is 1. The van der Waals surface area contributed by atoms with E-state index in [1.165, 1.54) is 7.05 Å². The number of aryl methyl sites for hydroxylation is 2. The number of amides is 1. The van der Waals surface area contributed by atoms with Gasteiger partial charge in [-0.05, 0) is 24.1 Å². The molecular weight excluding hydrogens is 296 g/mol. The van der Waals surface area contributed by atoms with Crippen LogP contribution in [0.2, 0.25) is 0 Å². The van der Waals surface area contributed by atoms with Gasteiger partial charge in [0.05, 0.1) is 5.52 Å². The third kappa shape index (κ3) is 1.50. The fourth-order valence-corrected chi connectivity index (χ4v) is 3.00. The van der Waals surface area contributed by atoms with Crippen LogP contribution in [0.1, 0.15) is 15.9 Å². The molecule has 0 bridgehead atoms. The van der Waals surface area contributed by atoms with Crippen molar-refractivity contribution in [2.75, 3.05) is 7.05 Å². The van der Waals surface area contributed by atoms with Crippen molar-refractivity contribution in [3.8, 4) is 0 Å². The van der Waals surface area contributed by atoms with Gasteiger partial charge in [0.1, 0.15) is 5.56 Å². The lowest BCUT2D eigenvalue weighted by molar-refractivity contribution is 0.0961. The van der Waals surface area contributed by atoms with Gasteiger partial charge in [-0.3, -0.25) is 9.59 Å². The fraction of sp³-hybridized carbons (Fsp3) is 0.231. The lowest BCUT2D eigenvalue weighted by atomic mass is 10.1. The number of carbonyl (C=O) groups excluding carboxylic acids is 1. The molecule has 2 heterocycles. The van der Waals surface area contributed by atoms with E-state index in [9.17, 15) is 9.59 Å². The maximum absolute atomic E-state index is 12.3. The SMILES string of the molecule is CNC(=O)c1cn2c3c(cc(Br)cc3c1=O)CC2. The molecule has 3 rings (SSSR count). The van der Waals surface area contributed by atoms with E-state index in [-0.39, 0.29) is 16.9 Å². The molecule has 0 spiro atoms. The van der Waals surface area contributed by atoms with Gasteiger partial charge >= 0.3 is 0 Å². The van der Waals surface area contributed by atoms with Crippen LogP contribution in [0.15, 0.2) is 27.6 Å². The van der Waals surface area contributed by atoms with Crippen molar-refractivity contribution in [1.29, 1.82) is 0 Å². The van der Waals surface area contributed by atoms with E-state index < -0.39 is 0 Å². The molecule has 1 N–H and O–H groups in total. The largest absolute Gasteiger partial charge is 0.355 e. The molecule has 0 atom stereocenters. The molecule has 0 unspecified atom stereocenters. The average Bonchev–Trinajstić information content (AvgIpc) is 2.76. The maximum atomic E-state index is 12.3. The Morgan fingerprint density at radius 2 is 2.22 bits per heavy atom. The molecule has 4 nitrogen and oxygen atoms in total. The zero-order valence-electron chi connectivity index (χ0n) is 9.79. The number of aromatic nitrogens is 1. The Bertz CT molecular complexity index is 734. The van der Waals surface area contributed by atoms with E-state index in [4.69, 9.17) is 0 Å². The molecule has 1 aromatic heterocycles. The fourth-order valence-electron chi connectivity index (χ4n) is 2.50. The minimum atomic E-state index is -0.334. The van der Waals surface area contributed by atoms with E-state index >= 15 is 0 Å². The van der Waals surface area contributed by atoms with E-state index in [0.717, 1.165) is 28.5 Å². The summed E-state index contributed by atoms with van der Waals surface area (Å²) in [7, 11) is 1.53. The summed E-state index contributed by atoms with van der Waals surface area (Å²) in [5.74, 6) is -0.334. The predicted molar refractivity (Wildman–Crippen MR) is 73.0 cm³/mol. The topological polar surface area (TPSA) is 51.1 Å². The highest BCUT2D eigenvalue weighted by atomic mass is 79.9. The number of halogens is 1. The van der Waals surface area contributed by atoms with Crippen LogP contribution >= 0.6 is 15.9 Å². The van der Waals surface area contributed by atoms with E-state index in [1.54, 1.807) is 12.3 Å². The van der Waals surface area contributed by atoms with Gasteiger partial charge in [0.15, 0.2) is 0 Å². The summed E-state index contributed by atoms with van der Waals surface area (Å²) in [5, 5.41) is 3.11. The Morgan fingerprint density at radius 3 is 2.94 bits per heavy atom. The van der Waals surface area contributed by atoms with Gasteiger partial charge in [0.2, 0.25) is 5.43 Å². The van der Waals surface area contributed by atoms with Crippen LogP contribution in [-0.2, 0) is 13.0 Å². The molecule has 0 saturated carbocycles. The zero-order valence-corrected chi connectivity index (χ0v) is 11.4. The predicted octanol–water partition coefficient (Wildman–Crippen LogP) is 1.68. The van der Waals surface area contributed by atoms with Gasteiger partial charge in [0, 0.05) is 29.6 Å². The number of nitrogens with one attached hydrogen (secondary N) is 1. The van der Waals surface area contributed by atoms with E-state index in [2.05, 4.69) is 21.2 Å². The smallest absolute Gasteiger partial charge is 0.256 e. The second kappa shape index (κ2) is 3.95. The van der Waals surface area contributed by atoms with Crippen LogP contribution in [-0.4, -0.2) is 17.5 Å². The summed E-state index contributed by atoms with van der Waals surface area (Å²) < 4.78 is 2.87. The Labute approximate surface area is 112 Å². The summed E-state index contributed by atoms with van der Waals surface area (Å²) >= 11 is 3.41. The van der Waals surface area contributed by atoms with Gasteiger partial charge in [-0.2, -0.15) is 0 Å². The van der Waals surface area contributed by atoms with Gasteiger partial charge in [-0.1, -0.05) is 15.9 Å². The Balaban J connectivity index is 2.45.